The molecule has 0 radical (unpaired) electrons. The van der Waals surface area contributed by atoms with Gasteiger partial charge < -0.3 is 30.9 Å². The van der Waals surface area contributed by atoms with Crippen LogP contribution in [0.3, 0.4) is 0 Å². The van der Waals surface area contributed by atoms with Crippen LogP contribution < -0.4 is 17.0 Å². The van der Waals surface area contributed by atoms with Gasteiger partial charge in [-0.25, -0.2) is 9.59 Å². The van der Waals surface area contributed by atoms with Gasteiger partial charge in [-0.2, -0.15) is 0 Å². The van der Waals surface area contributed by atoms with Gasteiger partial charge in [-0.1, -0.05) is 48.5 Å². The second-order valence-electron chi connectivity index (χ2n) is 6.79. The molecule has 0 aliphatic heterocycles. The van der Waals surface area contributed by atoms with Crippen LogP contribution in [-0.4, -0.2) is 49.2 Å². The molecule has 0 heterocycles. The van der Waals surface area contributed by atoms with E-state index in [-0.39, 0.29) is 35.5 Å². The fraction of sp³-hybridized carbons (Fsp3) is 0.391. The zero-order chi connectivity index (χ0) is 20.4. The van der Waals surface area contributed by atoms with E-state index in [0.29, 0.717) is 23.2 Å². The number of benzene rings is 2. The number of rotatable bonds is 10. The van der Waals surface area contributed by atoms with Gasteiger partial charge in [-0.15, -0.1) is 0 Å². The lowest BCUT2D eigenvalue weighted by Gasteiger charge is -2.38. The van der Waals surface area contributed by atoms with Crippen LogP contribution in [0.1, 0.15) is 42.8 Å². The standard InChI is InChI=1S/C23H30NO4.BrH/c1-4-24(5-2,18-22(25)27-6-3)17-21(19-13-9-7-10-14-19)28-23(26)20-15-11-8-12-16-20;/h7-16,21H,4-6,17-18H2,1-3H3;1H/q+1;/p-1. The van der Waals surface area contributed by atoms with E-state index >= 15 is 0 Å². The van der Waals surface area contributed by atoms with E-state index in [4.69, 9.17) is 9.47 Å². The lowest BCUT2D eigenvalue weighted by Crippen LogP contribution is -3.00. The number of carbonyl (C=O) groups excluding carboxylic acids is 2. The molecule has 0 bridgehead atoms. The van der Waals surface area contributed by atoms with Gasteiger partial charge in [-0.3, -0.25) is 0 Å². The molecule has 5 nitrogen and oxygen atoms in total. The van der Waals surface area contributed by atoms with Crippen LogP contribution in [0.25, 0.3) is 0 Å². The van der Waals surface area contributed by atoms with E-state index in [0.717, 1.165) is 18.7 Å². The number of halogens is 1. The highest BCUT2D eigenvalue weighted by atomic mass is 79.9. The molecule has 0 amide bonds. The predicted molar refractivity (Wildman–Crippen MR) is 109 cm³/mol. The molecule has 2 aromatic rings. The molecule has 0 aliphatic carbocycles. The SMILES string of the molecule is CCOC(=O)C[N+](CC)(CC)CC(OC(=O)c1ccccc1)c1ccccc1.[Br-]. The minimum atomic E-state index is -0.455. The third kappa shape index (κ3) is 7.29. The van der Waals surface area contributed by atoms with Crippen molar-refractivity contribution in [3.63, 3.8) is 0 Å². The maximum atomic E-state index is 12.7. The lowest BCUT2D eigenvalue weighted by atomic mass is 10.1. The summed E-state index contributed by atoms with van der Waals surface area (Å²) in [6, 6.07) is 18.7. The first-order valence-electron chi connectivity index (χ1n) is 9.85. The third-order valence-electron chi connectivity index (χ3n) is 5.09. The second kappa shape index (κ2) is 12.4. The highest BCUT2D eigenvalue weighted by Crippen LogP contribution is 2.24. The molecular weight excluding hydrogens is 434 g/mol. The van der Waals surface area contributed by atoms with Crippen molar-refractivity contribution in [1.82, 2.24) is 0 Å². The second-order valence-corrected chi connectivity index (χ2v) is 6.79. The summed E-state index contributed by atoms with van der Waals surface area (Å²) in [4.78, 5) is 24.9. The average molecular weight is 464 g/mol. The molecule has 0 aliphatic rings. The van der Waals surface area contributed by atoms with Crippen molar-refractivity contribution in [3.8, 4) is 0 Å². The molecule has 0 aromatic heterocycles. The smallest absolute Gasteiger partial charge is 0.361 e. The minimum absolute atomic E-state index is 0. The van der Waals surface area contributed by atoms with Crippen LogP contribution >= 0.6 is 0 Å². The summed E-state index contributed by atoms with van der Waals surface area (Å²) in [5.74, 6) is -0.594. The van der Waals surface area contributed by atoms with E-state index in [1.165, 1.54) is 0 Å². The summed E-state index contributed by atoms with van der Waals surface area (Å²) in [6.07, 6.45) is -0.455. The van der Waals surface area contributed by atoms with Gasteiger partial charge in [-0.05, 0) is 38.5 Å². The summed E-state index contributed by atoms with van der Waals surface area (Å²) in [7, 11) is 0. The van der Waals surface area contributed by atoms with Gasteiger partial charge >= 0.3 is 11.9 Å². The maximum Gasteiger partial charge on any atom is 0.361 e. The van der Waals surface area contributed by atoms with Gasteiger partial charge in [0.25, 0.3) is 0 Å². The van der Waals surface area contributed by atoms with Crippen molar-refractivity contribution in [2.75, 3.05) is 32.8 Å². The molecule has 0 N–H and O–H groups in total. The number of ether oxygens (including phenoxy) is 2. The molecular formula is C23H30BrNO4. The zero-order valence-corrected chi connectivity index (χ0v) is 18.9. The van der Waals surface area contributed by atoms with E-state index in [1.807, 2.05) is 62.4 Å². The molecule has 1 unspecified atom stereocenters. The van der Waals surface area contributed by atoms with Gasteiger partial charge in [0.15, 0.2) is 12.6 Å². The number of likely N-dealkylation sites (N-methyl/N-ethyl adjacent to an activating group) is 1. The van der Waals surface area contributed by atoms with Crippen LogP contribution in [0.2, 0.25) is 0 Å². The van der Waals surface area contributed by atoms with Crippen molar-refractivity contribution in [3.05, 3.63) is 71.8 Å². The molecule has 1 atom stereocenters. The molecule has 2 aromatic carbocycles. The summed E-state index contributed by atoms with van der Waals surface area (Å²) in [6.45, 7) is 8.49. The van der Waals surface area contributed by atoms with Gasteiger partial charge in [0, 0.05) is 0 Å². The average Bonchev–Trinajstić information content (AvgIpc) is 2.74. The maximum absolute atomic E-state index is 12.7. The number of esters is 2. The van der Waals surface area contributed by atoms with Crippen molar-refractivity contribution < 1.29 is 40.5 Å². The topological polar surface area (TPSA) is 52.6 Å². The van der Waals surface area contributed by atoms with E-state index in [1.54, 1.807) is 19.1 Å². The lowest BCUT2D eigenvalue weighted by molar-refractivity contribution is -0.921. The molecule has 0 saturated heterocycles. The number of hydrogen-bond donors (Lipinski definition) is 0. The Kier molecular flexibility index (Phi) is 10.6. The molecule has 0 saturated carbocycles. The van der Waals surface area contributed by atoms with Gasteiger partial charge in [0.2, 0.25) is 0 Å². The monoisotopic (exact) mass is 463 g/mol. The van der Waals surface area contributed by atoms with E-state index < -0.39 is 6.10 Å². The fourth-order valence-electron chi connectivity index (χ4n) is 3.25. The van der Waals surface area contributed by atoms with Gasteiger partial charge in [0.05, 0.1) is 25.3 Å². The Bertz CT molecular complexity index is 748. The van der Waals surface area contributed by atoms with Gasteiger partial charge in [0.1, 0.15) is 6.54 Å². The van der Waals surface area contributed by atoms with Crippen LogP contribution in [-0.2, 0) is 14.3 Å². The predicted octanol–water partition coefficient (Wildman–Crippen LogP) is 1.01. The Morgan fingerprint density at radius 1 is 0.897 bits per heavy atom. The molecule has 158 valence electrons. The zero-order valence-electron chi connectivity index (χ0n) is 17.3. The van der Waals surface area contributed by atoms with Crippen LogP contribution in [0.15, 0.2) is 60.7 Å². The first kappa shape index (κ1) is 24.9. The Labute approximate surface area is 184 Å². The summed E-state index contributed by atoms with van der Waals surface area (Å²) in [5.41, 5.74) is 1.43. The van der Waals surface area contributed by atoms with Crippen LogP contribution in [0, 0.1) is 0 Å². The fourth-order valence-corrected chi connectivity index (χ4v) is 3.25. The van der Waals surface area contributed by atoms with Crippen LogP contribution in [0.5, 0.6) is 0 Å². The van der Waals surface area contributed by atoms with Crippen molar-refractivity contribution >= 4 is 11.9 Å². The number of quaternary nitrogens is 1. The third-order valence-corrected chi connectivity index (χ3v) is 5.09. The highest BCUT2D eigenvalue weighted by molar-refractivity contribution is 5.89. The van der Waals surface area contributed by atoms with Crippen molar-refractivity contribution in [2.45, 2.75) is 26.9 Å². The largest absolute Gasteiger partial charge is 1.00 e. The first-order chi connectivity index (χ1) is 13.5. The minimum Gasteiger partial charge on any atom is -1.00 e. The quantitative estimate of drug-likeness (QED) is 0.389. The van der Waals surface area contributed by atoms with Crippen LogP contribution in [0.4, 0.5) is 0 Å². The summed E-state index contributed by atoms with van der Waals surface area (Å²) >= 11 is 0. The first-order valence-corrected chi connectivity index (χ1v) is 9.85. The Balaban J connectivity index is 0.00000420. The molecule has 0 spiro atoms. The Morgan fingerprint density at radius 2 is 1.45 bits per heavy atom. The van der Waals surface area contributed by atoms with Crippen molar-refractivity contribution in [1.29, 1.82) is 0 Å². The Hall–Kier alpha value is -2.18. The summed E-state index contributed by atoms with van der Waals surface area (Å²) in [5, 5.41) is 0. The molecule has 6 heteroatoms. The number of hydrogen-bond acceptors (Lipinski definition) is 4. The normalized spacial score (nSPS) is 11.8. The Morgan fingerprint density at radius 3 is 1.97 bits per heavy atom. The summed E-state index contributed by atoms with van der Waals surface area (Å²) < 4.78 is 11.6. The van der Waals surface area contributed by atoms with E-state index in [2.05, 4.69) is 0 Å². The number of carbonyl (C=O) groups is 2. The molecule has 0 fully saturated rings. The molecule has 2 rings (SSSR count). The highest BCUT2D eigenvalue weighted by Gasteiger charge is 2.34. The molecule has 29 heavy (non-hydrogen) atoms. The van der Waals surface area contributed by atoms with E-state index in [9.17, 15) is 9.59 Å². The van der Waals surface area contributed by atoms with Crippen molar-refractivity contribution in [2.24, 2.45) is 0 Å². The number of nitrogens with zero attached hydrogens (tertiary/aromatic N) is 1.